The van der Waals surface area contributed by atoms with Crippen LogP contribution in [0, 0.1) is 0 Å². The first-order chi connectivity index (χ1) is 16.4. The summed E-state index contributed by atoms with van der Waals surface area (Å²) in [5.74, 6) is -1.70. The van der Waals surface area contributed by atoms with Gasteiger partial charge in [-0.1, -0.05) is 54.9 Å². The molecule has 0 heterocycles. The van der Waals surface area contributed by atoms with Gasteiger partial charge in [0.15, 0.2) is 6.61 Å². The predicted molar refractivity (Wildman–Crippen MR) is 132 cm³/mol. The third-order valence-corrected chi connectivity index (χ3v) is 4.91. The van der Waals surface area contributed by atoms with Crippen LogP contribution >= 0.6 is 11.6 Å². The fraction of sp³-hybridized carbons (Fsp3) is 0.120. The number of rotatable bonds is 8. The van der Waals surface area contributed by atoms with E-state index in [4.69, 9.17) is 16.3 Å². The predicted octanol–water partition coefficient (Wildman–Crippen LogP) is 4.01. The first-order valence-corrected chi connectivity index (χ1v) is 10.8. The van der Waals surface area contributed by atoms with E-state index in [0.29, 0.717) is 27.7 Å². The summed E-state index contributed by atoms with van der Waals surface area (Å²) in [5, 5.41) is 9.27. The minimum absolute atomic E-state index is 0.172. The Morgan fingerprint density at radius 1 is 0.941 bits per heavy atom. The van der Waals surface area contributed by atoms with Gasteiger partial charge in [0.2, 0.25) is 0 Å². The number of halogens is 1. The Hall–Kier alpha value is -4.17. The largest absolute Gasteiger partial charge is 0.484 e. The van der Waals surface area contributed by atoms with Gasteiger partial charge in [-0.15, -0.1) is 0 Å². The zero-order valence-electron chi connectivity index (χ0n) is 18.4. The summed E-state index contributed by atoms with van der Waals surface area (Å²) in [6.07, 6.45) is 2.28. The second-order valence-corrected chi connectivity index (χ2v) is 7.50. The highest BCUT2D eigenvalue weighted by atomic mass is 35.5. The Bertz CT molecular complexity index is 1200. The van der Waals surface area contributed by atoms with Gasteiger partial charge in [0.05, 0.1) is 16.9 Å². The Kier molecular flexibility index (Phi) is 8.76. The normalized spacial score (nSPS) is 10.5. The fourth-order valence-corrected chi connectivity index (χ4v) is 3.00. The summed E-state index contributed by atoms with van der Waals surface area (Å²) in [5.41, 5.74) is 4.94. The van der Waals surface area contributed by atoms with Crippen molar-refractivity contribution in [3.63, 3.8) is 0 Å². The van der Waals surface area contributed by atoms with Gasteiger partial charge in [0, 0.05) is 5.69 Å². The lowest BCUT2D eigenvalue weighted by Crippen LogP contribution is -2.32. The molecule has 8 nitrogen and oxygen atoms in total. The van der Waals surface area contributed by atoms with Crippen LogP contribution in [-0.2, 0) is 20.8 Å². The van der Waals surface area contributed by atoms with Crippen LogP contribution in [0.5, 0.6) is 5.75 Å². The number of carbonyl (C=O) groups excluding carboxylic acids is 3. The maximum absolute atomic E-state index is 12.1. The number of hydrogen-bond acceptors (Lipinski definition) is 5. The van der Waals surface area contributed by atoms with Crippen LogP contribution in [0.4, 0.5) is 11.4 Å². The zero-order valence-corrected chi connectivity index (χ0v) is 19.1. The number of hydrogen-bond donors (Lipinski definition) is 3. The molecule has 0 saturated carbocycles. The molecule has 3 aromatic rings. The number of hydrazone groups is 1. The second-order valence-electron chi connectivity index (χ2n) is 7.09. The smallest absolute Gasteiger partial charge is 0.329 e. The van der Waals surface area contributed by atoms with Gasteiger partial charge in [0.25, 0.3) is 5.91 Å². The SMILES string of the molecule is CCc1ccc(NC(=O)COc2cccc(/C=N\NC(=O)C(=O)Nc3ccccc3Cl)c2)cc1. The van der Waals surface area contributed by atoms with Crippen LogP contribution < -0.4 is 20.8 Å². The second kappa shape index (κ2) is 12.2. The number of benzene rings is 3. The Morgan fingerprint density at radius 3 is 2.44 bits per heavy atom. The van der Waals surface area contributed by atoms with E-state index in [1.807, 2.05) is 24.3 Å². The molecule has 3 N–H and O–H groups in total. The molecule has 3 aromatic carbocycles. The lowest BCUT2D eigenvalue weighted by molar-refractivity contribution is -0.136. The molecule has 0 fully saturated rings. The van der Waals surface area contributed by atoms with Crippen molar-refractivity contribution >= 4 is 46.9 Å². The van der Waals surface area contributed by atoms with Crippen LogP contribution in [0.1, 0.15) is 18.1 Å². The molecule has 0 spiro atoms. The van der Waals surface area contributed by atoms with Gasteiger partial charge >= 0.3 is 11.8 Å². The number of anilines is 2. The van der Waals surface area contributed by atoms with E-state index in [2.05, 4.69) is 28.1 Å². The van der Waals surface area contributed by atoms with Gasteiger partial charge in [-0.25, -0.2) is 5.43 Å². The van der Waals surface area contributed by atoms with E-state index in [1.54, 1.807) is 48.5 Å². The summed E-state index contributed by atoms with van der Waals surface area (Å²) in [4.78, 5) is 36.0. The van der Waals surface area contributed by atoms with Crippen LogP contribution in [0.25, 0.3) is 0 Å². The summed E-state index contributed by atoms with van der Waals surface area (Å²) in [6, 6.07) is 20.9. The number of aryl methyl sites for hydroxylation is 1. The molecule has 0 aliphatic carbocycles. The summed E-state index contributed by atoms with van der Waals surface area (Å²) >= 11 is 5.96. The highest BCUT2D eigenvalue weighted by Gasteiger charge is 2.14. The standard InChI is InChI=1S/C25H23ClN4O4/c1-2-17-10-12-19(13-11-17)28-23(31)16-34-20-7-5-6-18(14-20)15-27-30-25(33)24(32)29-22-9-4-3-8-21(22)26/h3-15H,2,16H2,1H3,(H,28,31)(H,29,32)(H,30,33)/b27-15-. The number of amides is 3. The molecule has 0 atom stereocenters. The van der Waals surface area contributed by atoms with E-state index in [0.717, 1.165) is 6.42 Å². The van der Waals surface area contributed by atoms with Crippen molar-refractivity contribution in [1.29, 1.82) is 0 Å². The van der Waals surface area contributed by atoms with E-state index in [9.17, 15) is 14.4 Å². The first-order valence-electron chi connectivity index (χ1n) is 10.4. The van der Waals surface area contributed by atoms with E-state index in [-0.39, 0.29) is 12.5 Å². The van der Waals surface area contributed by atoms with Crippen molar-refractivity contribution in [2.75, 3.05) is 17.2 Å². The summed E-state index contributed by atoms with van der Waals surface area (Å²) in [6.45, 7) is 1.89. The van der Waals surface area contributed by atoms with Crippen LogP contribution in [0.15, 0.2) is 77.9 Å². The lowest BCUT2D eigenvalue weighted by atomic mass is 10.1. The van der Waals surface area contributed by atoms with E-state index < -0.39 is 11.8 Å². The third kappa shape index (κ3) is 7.46. The molecule has 0 bridgehead atoms. The molecule has 3 amide bonds. The highest BCUT2D eigenvalue weighted by Crippen LogP contribution is 2.20. The number of para-hydroxylation sites is 1. The van der Waals surface area contributed by atoms with Gasteiger partial charge < -0.3 is 15.4 Å². The van der Waals surface area contributed by atoms with Crippen molar-refractivity contribution in [3.05, 3.63) is 88.9 Å². The van der Waals surface area contributed by atoms with Gasteiger partial charge in [-0.2, -0.15) is 5.10 Å². The number of carbonyl (C=O) groups is 3. The van der Waals surface area contributed by atoms with E-state index >= 15 is 0 Å². The Morgan fingerprint density at radius 2 is 1.71 bits per heavy atom. The molecule has 34 heavy (non-hydrogen) atoms. The van der Waals surface area contributed by atoms with Crippen LogP contribution in [0.3, 0.4) is 0 Å². The van der Waals surface area contributed by atoms with Crippen molar-refractivity contribution in [2.24, 2.45) is 5.10 Å². The highest BCUT2D eigenvalue weighted by molar-refractivity contribution is 6.41. The molecule has 0 radical (unpaired) electrons. The molecule has 0 saturated heterocycles. The molecule has 9 heteroatoms. The van der Waals surface area contributed by atoms with Crippen molar-refractivity contribution in [3.8, 4) is 5.75 Å². The van der Waals surface area contributed by atoms with Gasteiger partial charge in [-0.05, 0) is 53.9 Å². The zero-order chi connectivity index (χ0) is 24.3. The molecular weight excluding hydrogens is 456 g/mol. The topological polar surface area (TPSA) is 109 Å². The van der Waals surface area contributed by atoms with Gasteiger partial charge in [-0.3, -0.25) is 14.4 Å². The molecule has 0 unspecified atom stereocenters. The number of nitrogens with one attached hydrogen (secondary N) is 3. The molecule has 0 aliphatic heterocycles. The summed E-state index contributed by atoms with van der Waals surface area (Å²) in [7, 11) is 0. The molecular formula is C25H23ClN4O4. The van der Waals surface area contributed by atoms with Crippen LogP contribution in [0.2, 0.25) is 5.02 Å². The monoisotopic (exact) mass is 478 g/mol. The number of ether oxygens (including phenoxy) is 1. The van der Waals surface area contributed by atoms with E-state index in [1.165, 1.54) is 11.8 Å². The first kappa shape index (κ1) is 24.5. The third-order valence-electron chi connectivity index (χ3n) is 4.58. The Balaban J connectivity index is 1.47. The maximum atomic E-state index is 12.1. The molecule has 3 rings (SSSR count). The minimum Gasteiger partial charge on any atom is -0.484 e. The molecule has 0 aromatic heterocycles. The minimum atomic E-state index is -0.952. The molecule has 174 valence electrons. The quantitative estimate of drug-likeness (QED) is 0.258. The van der Waals surface area contributed by atoms with Crippen molar-refractivity contribution in [2.45, 2.75) is 13.3 Å². The van der Waals surface area contributed by atoms with Gasteiger partial charge in [0.1, 0.15) is 5.75 Å². The Labute approximate surface area is 202 Å². The molecule has 0 aliphatic rings. The van der Waals surface area contributed by atoms with Crippen molar-refractivity contribution < 1.29 is 19.1 Å². The number of nitrogens with zero attached hydrogens (tertiary/aromatic N) is 1. The average Bonchev–Trinajstić information content (AvgIpc) is 2.85. The maximum Gasteiger partial charge on any atom is 0.329 e. The van der Waals surface area contributed by atoms with Crippen molar-refractivity contribution in [1.82, 2.24) is 5.43 Å². The lowest BCUT2D eigenvalue weighted by Gasteiger charge is -2.08. The average molecular weight is 479 g/mol. The fourth-order valence-electron chi connectivity index (χ4n) is 2.81. The summed E-state index contributed by atoms with van der Waals surface area (Å²) < 4.78 is 5.53. The van der Waals surface area contributed by atoms with Crippen LogP contribution in [-0.4, -0.2) is 30.5 Å².